The van der Waals surface area contributed by atoms with Crippen LogP contribution in [0.15, 0.2) is 23.6 Å². The summed E-state index contributed by atoms with van der Waals surface area (Å²) in [5, 5.41) is 16.7. The number of carbonyl (C=O) groups excluding carboxylic acids is 1. The van der Waals surface area contributed by atoms with Gasteiger partial charge in [0.25, 0.3) is 5.91 Å². The Balaban J connectivity index is 2.02. The van der Waals surface area contributed by atoms with Crippen LogP contribution >= 0.6 is 11.5 Å². The molecule has 0 unspecified atom stereocenters. The van der Waals surface area contributed by atoms with E-state index in [2.05, 4.69) is 14.9 Å². The summed E-state index contributed by atoms with van der Waals surface area (Å²) in [4.78, 5) is 11.9. The first-order valence-electron chi connectivity index (χ1n) is 6.02. The third-order valence-corrected chi connectivity index (χ3v) is 3.15. The van der Waals surface area contributed by atoms with Crippen LogP contribution in [0.25, 0.3) is 0 Å². The zero-order valence-electron chi connectivity index (χ0n) is 11.3. The number of halogens is 2. The summed E-state index contributed by atoms with van der Waals surface area (Å²) in [6.07, 6.45) is 0. The minimum absolute atomic E-state index is 0.0462. The molecule has 6 nitrogen and oxygen atoms in total. The number of nitrogens with one attached hydrogen (secondary N) is 1. The fourth-order valence-corrected chi connectivity index (χ4v) is 1.91. The van der Waals surface area contributed by atoms with Crippen LogP contribution in [0.4, 0.5) is 8.78 Å². The Hall–Kier alpha value is -2.60. The van der Waals surface area contributed by atoms with Gasteiger partial charge in [-0.2, -0.15) is 5.26 Å². The highest BCUT2D eigenvalue weighted by atomic mass is 32.1. The molecule has 2 rings (SSSR count). The van der Waals surface area contributed by atoms with Gasteiger partial charge >= 0.3 is 0 Å². The Morgan fingerprint density at radius 2 is 2.27 bits per heavy atom. The molecule has 0 saturated carbocycles. The van der Waals surface area contributed by atoms with Gasteiger partial charge in [-0.25, -0.2) is 8.78 Å². The maximum atomic E-state index is 13.1. The van der Waals surface area contributed by atoms with Crippen molar-refractivity contribution in [2.24, 2.45) is 0 Å². The van der Waals surface area contributed by atoms with Crippen LogP contribution in [0.3, 0.4) is 0 Å². The van der Waals surface area contributed by atoms with Crippen LogP contribution in [0, 0.1) is 23.0 Å². The van der Waals surface area contributed by atoms with Crippen molar-refractivity contribution in [3.63, 3.8) is 0 Å². The summed E-state index contributed by atoms with van der Waals surface area (Å²) >= 11 is 1.00. The first-order valence-corrected chi connectivity index (χ1v) is 6.86. The number of nitriles is 1. The first-order chi connectivity index (χ1) is 10.4. The Bertz CT molecular complexity index is 717. The Morgan fingerprint density at radius 1 is 1.50 bits per heavy atom. The second-order valence-corrected chi connectivity index (χ2v) is 5.16. The van der Waals surface area contributed by atoms with Gasteiger partial charge in [-0.15, -0.1) is 5.10 Å². The molecule has 114 valence electrons. The van der Waals surface area contributed by atoms with Gasteiger partial charge in [0.15, 0.2) is 22.9 Å². The standard InChI is InChI=1S/C13H10F2N4O2S/c1-13(6-16,17-12(20)11-5-22-19-18-11)7-21-8-2-3-9(14)10(15)4-8/h2-5H,7H2,1H3,(H,17,20)/t13-/m0/s1. The highest BCUT2D eigenvalue weighted by molar-refractivity contribution is 7.03. The van der Waals surface area contributed by atoms with Crippen LogP contribution in [-0.2, 0) is 0 Å². The van der Waals surface area contributed by atoms with Crippen molar-refractivity contribution in [3.8, 4) is 11.8 Å². The summed E-state index contributed by atoms with van der Waals surface area (Å²) < 4.78 is 34.7. The summed E-state index contributed by atoms with van der Waals surface area (Å²) in [6.45, 7) is 1.18. The van der Waals surface area contributed by atoms with E-state index in [1.807, 2.05) is 6.07 Å². The van der Waals surface area contributed by atoms with E-state index >= 15 is 0 Å². The van der Waals surface area contributed by atoms with Gasteiger partial charge in [-0.1, -0.05) is 4.49 Å². The van der Waals surface area contributed by atoms with Crippen LogP contribution in [0.1, 0.15) is 17.4 Å². The monoisotopic (exact) mass is 324 g/mol. The van der Waals surface area contributed by atoms with Crippen LogP contribution < -0.4 is 10.1 Å². The van der Waals surface area contributed by atoms with E-state index in [1.165, 1.54) is 18.4 Å². The second-order valence-electron chi connectivity index (χ2n) is 4.55. The normalized spacial score (nSPS) is 13.0. The number of hydrogen-bond acceptors (Lipinski definition) is 6. The van der Waals surface area contributed by atoms with Crippen LogP contribution in [0.2, 0.25) is 0 Å². The average molecular weight is 324 g/mol. The van der Waals surface area contributed by atoms with Crippen molar-refractivity contribution in [1.82, 2.24) is 14.9 Å². The predicted molar refractivity (Wildman–Crippen MR) is 73.2 cm³/mol. The zero-order valence-corrected chi connectivity index (χ0v) is 12.2. The lowest BCUT2D eigenvalue weighted by atomic mass is 10.1. The van der Waals surface area contributed by atoms with E-state index in [1.54, 1.807) is 0 Å². The average Bonchev–Trinajstić information content (AvgIpc) is 3.03. The number of hydrogen-bond donors (Lipinski definition) is 1. The number of ether oxygens (including phenoxy) is 1. The molecule has 0 aliphatic heterocycles. The van der Waals surface area contributed by atoms with E-state index < -0.39 is 23.1 Å². The minimum atomic E-state index is -1.37. The first kappa shape index (κ1) is 15.8. The van der Waals surface area contributed by atoms with Gasteiger partial charge in [-0.3, -0.25) is 4.79 Å². The van der Waals surface area contributed by atoms with E-state index in [9.17, 15) is 18.8 Å². The smallest absolute Gasteiger partial charge is 0.274 e. The minimum Gasteiger partial charge on any atom is -0.490 e. The van der Waals surface area contributed by atoms with Gasteiger partial charge in [-0.05, 0) is 30.6 Å². The largest absolute Gasteiger partial charge is 0.490 e. The molecule has 22 heavy (non-hydrogen) atoms. The summed E-state index contributed by atoms with van der Waals surface area (Å²) in [5.41, 5.74) is -1.29. The van der Waals surface area contributed by atoms with Gasteiger partial charge in [0, 0.05) is 11.4 Å². The van der Waals surface area contributed by atoms with Gasteiger partial charge in [0.2, 0.25) is 0 Å². The van der Waals surface area contributed by atoms with Gasteiger partial charge in [0.05, 0.1) is 6.07 Å². The van der Waals surface area contributed by atoms with Crippen molar-refractivity contribution < 1.29 is 18.3 Å². The van der Waals surface area contributed by atoms with E-state index in [0.717, 1.165) is 23.7 Å². The molecule has 1 N–H and O–H groups in total. The van der Waals surface area contributed by atoms with E-state index in [4.69, 9.17) is 4.74 Å². The molecule has 0 saturated heterocycles. The molecule has 2 aromatic rings. The molecule has 1 heterocycles. The highest BCUT2D eigenvalue weighted by Gasteiger charge is 2.28. The van der Waals surface area contributed by atoms with Crippen molar-refractivity contribution in [2.45, 2.75) is 12.5 Å². The molecular weight excluding hydrogens is 314 g/mol. The highest BCUT2D eigenvalue weighted by Crippen LogP contribution is 2.17. The summed E-state index contributed by atoms with van der Waals surface area (Å²) in [6, 6.07) is 4.89. The van der Waals surface area contributed by atoms with Crippen molar-refractivity contribution in [3.05, 3.63) is 40.9 Å². The van der Waals surface area contributed by atoms with Gasteiger partial charge < -0.3 is 10.1 Å². The number of amides is 1. The number of aromatic nitrogens is 2. The van der Waals surface area contributed by atoms with Crippen LogP contribution in [0.5, 0.6) is 5.75 Å². The number of nitrogens with zero attached hydrogens (tertiary/aromatic N) is 3. The summed E-state index contributed by atoms with van der Waals surface area (Å²) in [5.74, 6) is -2.59. The van der Waals surface area contributed by atoms with Crippen molar-refractivity contribution in [1.29, 1.82) is 5.26 Å². The quantitative estimate of drug-likeness (QED) is 0.907. The van der Waals surface area contributed by atoms with Crippen molar-refractivity contribution >= 4 is 17.4 Å². The van der Waals surface area contributed by atoms with Crippen molar-refractivity contribution in [2.75, 3.05) is 6.61 Å². The molecule has 9 heteroatoms. The molecular formula is C13H10F2N4O2S. The van der Waals surface area contributed by atoms with E-state index in [-0.39, 0.29) is 18.1 Å². The third-order valence-electron chi connectivity index (χ3n) is 2.65. The molecule has 0 radical (unpaired) electrons. The molecule has 1 atom stereocenters. The number of rotatable bonds is 5. The molecule has 1 aromatic carbocycles. The molecule has 0 bridgehead atoms. The fraction of sp³-hybridized carbons (Fsp3) is 0.231. The fourth-order valence-electron chi connectivity index (χ4n) is 1.47. The molecule has 0 aliphatic rings. The number of benzene rings is 1. The Kier molecular flexibility index (Phi) is 4.62. The van der Waals surface area contributed by atoms with Gasteiger partial charge in [0.1, 0.15) is 12.4 Å². The number of carbonyl (C=O) groups is 1. The topological polar surface area (TPSA) is 87.9 Å². The molecule has 0 fully saturated rings. The second kappa shape index (κ2) is 6.44. The Labute approximate surface area is 128 Å². The maximum Gasteiger partial charge on any atom is 0.274 e. The third kappa shape index (κ3) is 3.73. The Morgan fingerprint density at radius 3 is 2.86 bits per heavy atom. The van der Waals surface area contributed by atoms with Crippen LogP contribution in [-0.4, -0.2) is 27.6 Å². The molecule has 1 amide bonds. The maximum absolute atomic E-state index is 13.1. The molecule has 0 spiro atoms. The SMILES string of the molecule is C[C@](C#N)(COc1ccc(F)c(F)c1)NC(=O)c1csnn1. The summed E-state index contributed by atoms with van der Waals surface area (Å²) in [7, 11) is 0. The molecule has 1 aromatic heterocycles. The lowest BCUT2D eigenvalue weighted by Crippen LogP contribution is -2.49. The molecule has 0 aliphatic carbocycles. The lowest BCUT2D eigenvalue weighted by Gasteiger charge is -2.22. The zero-order chi connectivity index (χ0) is 16.2. The van der Waals surface area contributed by atoms with E-state index in [0.29, 0.717) is 0 Å². The lowest BCUT2D eigenvalue weighted by molar-refractivity contribution is 0.0896. The predicted octanol–water partition coefficient (Wildman–Crippen LogP) is 1.91.